The Morgan fingerprint density at radius 2 is 2.08 bits per heavy atom. The van der Waals surface area contributed by atoms with Gasteiger partial charge in [0.25, 0.3) is 0 Å². The molecule has 140 valence electrons. The van der Waals surface area contributed by atoms with Crippen molar-refractivity contribution >= 4 is 22.5 Å². The maximum atomic E-state index is 11.9. The molecular weight excluding hydrogens is 340 g/mol. The van der Waals surface area contributed by atoms with Gasteiger partial charge in [0, 0.05) is 25.7 Å². The molecule has 1 saturated heterocycles. The number of amides is 2. The zero-order chi connectivity index (χ0) is 17.3. The van der Waals surface area contributed by atoms with Gasteiger partial charge < -0.3 is 14.8 Å². The second-order valence-electron chi connectivity index (χ2n) is 6.72. The summed E-state index contributed by atoms with van der Waals surface area (Å²) >= 11 is 1.50. The molecule has 1 atom stereocenters. The van der Waals surface area contributed by atoms with E-state index in [0.717, 1.165) is 30.9 Å². The molecule has 1 aromatic rings. The highest BCUT2D eigenvalue weighted by atomic mass is 32.1. The summed E-state index contributed by atoms with van der Waals surface area (Å²) in [6.45, 7) is 2.71. The number of hydrogen-bond acceptors (Lipinski definition) is 6. The number of nitrogens with zero attached hydrogens (tertiary/aromatic N) is 2. The number of carbonyl (C=O) groups is 1. The minimum atomic E-state index is -0.231. The summed E-state index contributed by atoms with van der Waals surface area (Å²) in [5.41, 5.74) is 0. The third kappa shape index (κ3) is 6.20. The lowest BCUT2D eigenvalue weighted by Gasteiger charge is -2.18. The van der Waals surface area contributed by atoms with Crippen molar-refractivity contribution in [1.82, 2.24) is 15.5 Å². The van der Waals surface area contributed by atoms with Crippen LogP contribution in [0.4, 0.5) is 9.93 Å². The maximum absolute atomic E-state index is 11.9. The van der Waals surface area contributed by atoms with Crippen LogP contribution in [0, 0.1) is 0 Å². The second-order valence-corrected chi connectivity index (χ2v) is 7.73. The maximum Gasteiger partial charge on any atom is 0.321 e. The van der Waals surface area contributed by atoms with Crippen molar-refractivity contribution < 1.29 is 14.3 Å². The second kappa shape index (κ2) is 10.0. The van der Waals surface area contributed by atoms with Gasteiger partial charge in [0.05, 0.1) is 12.7 Å². The summed E-state index contributed by atoms with van der Waals surface area (Å²) in [4.78, 5) is 11.9. The van der Waals surface area contributed by atoms with Crippen LogP contribution in [0.2, 0.25) is 0 Å². The van der Waals surface area contributed by atoms with Gasteiger partial charge in [0.15, 0.2) is 0 Å². The molecular formula is C17H28N4O3S. The molecule has 1 aliphatic heterocycles. The lowest BCUT2D eigenvalue weighted by molar-refractivity contribution is 0.0168. The highest BCUT2D eigenvalue weighted by Crippen LogP contribution is 2.35. The number of ether oxygens (including phenoxy) is 2. The summed E-state index contributed by atoms with van der Waals surface area (Å²) in [5.74, 6) is 0.519. The van der Waals surface area contributed by atoms with Crippen molar-refractivity contribution in [2.75, 3.05) is 31.7 Å². The molecule has 2 fully saturated rings. The predicted octanol–water partition coefficient (Wildman–Crippen LogP) is 3.29. The monoisotopic (exact) mass is 368 g/mol. The van der Waals surface area contributed by atoms with E-state index in [-0.39, 0.29) is 12.1 Å². The average molecular weight is 369 g/mol. The van der Waals surface area contributed by atoms with E-state index in [9.17, 15) is 4.79 Å². The Labute approximate surface area is 152 Å². The van der Waals surface area contributed by atoms with Crippen LogP contribution in [0.3, 0.4) is 0 Å². The molecule has 2 amide bonds. The Hall–Kier alpha value is -1.25. The predicted molar refractivity (Wildman–Crippen MR) is 97.2 cm³/mol. The van der Waals surface area contributed by atoms with E-state index in [4.69, 9.17) is 9.47 Å². The van der Waals surface area contributed by atoms with Gasteiger partial charge in [-0.2, -0.15) is 0 Å². The van der Waals surface area contributed by atoms with Gasteiger partial charge in [-0.15, -0.1) is 10.2 Å². The summed E-state index contributed by atoms with van der Waals surface area (Å²) in [6.07, 6.45) is 9.48. The highest BCUT2D eigenvalue weighted by Gasteiger charge is 2.20. The van der Waals surface area contributed by atoms with E-state index in [1.54, 1.807) is 0 Å². The lowest BCUT2D eigenvalue weighted by atomic mass is 9.90. The molecule has 0 spiro atoms. The van der Waals surface area contributed by atoms with E-state index in [0.29, 0.717) is 30.8 Å². The molecule has 7 nitrogen and oxygen atoms in total. The third-order valence-electron chi connectivity index (χ3n) is 4.69. The number of urea groups is 1. The quantitative estimate of drug-likeness (QED) is 0.688. The van der Waals surface area contributed by atoms with Crippen LogP contribution in [0.15, 0.2) is 0 Å². The normalized spacial score (nSPS) is 21.4. The zero-order valence-electron chi connectivity index (χ0n) is 14.7. The fraction of sp³-hybridized carbons (Fsp3) is 0.824. The first-order chi connectivity index (χ1) is 12.3. The summed E-state index contributed by atoms with van der Waals surface area (Å²) in [6, 6.07) is -0.231. The highest BCUT2D eigenvalue weighted by molar-refractivity contribution is 7.15. The lowest BCUT2D eigenvalue weighted by Crippen LogP contribution is -2.30. The molecule has 3 rings (SSSR count). The van der Waals surface area contributed by atoms with Crippen LogP contribution in [0.25, 0.3) is 0 Å². The minimum Gasteiger partial charge on any atom is -0.379 e. The number of hydrogen-bond donors (Lipinski definition) is 2. The van der Waals surface area contributed by atoms with Gasteiger partial charge in [0.1, 0.15) is 5.01 Å². The SMILES string of the molecule is O=C(NCCCOC[C@@H]1CCCO1)Nc1nnc(C2CCCCC2)s1. The first kappa shape index (κ1) is 18.5. The standard InChI is InChI=1S/C17H28N4O3S/c22-16(18-9-5-10-23-12-14-8-4-11-24-14)19-17-21-20-15(25-17)13-6-2-1-3-7-13/h13-14H,1-12H2,(H2,18,19,21,22)/t14-/m0/s1. The fourth-order valence-electron chi connectivity index (χ4n) is 3.31. The van der Waals surface area contributed by atoms with Crippen LogP contribution in [-0.4, -0.2) is 48.7 Å². The fourth-order valence-corrected chi connectivity index (χ4v) is 4.22. The summed E-state index contributed by atoms with van der Waals surface area (Å²) < 4.78 is 11.1. The van der Waals surface area contributed by atoms with Crippen LogP contribution >= 0.6 is 11.3 Å². The first-order valence-corrected chi connectivity index (χ1v) is 10.2. The Balaban J connectivity index is 1.26. The number of anilines is 1. The first-order valence-electron chi connectivity index (χ1n) is 9.39. The van der Waals surface area contributed by atoms with Crippen molar-refractivity contribution in [3.05, 3.63) is 5.01 Å². The Bertz CT molecular complexity index is 528. The minimum absolute atomic E-state index is 0.231. The van der Waals surface area contributed by atoms with Crippen LogP contribution in [-0.2, 0) is 9.47 Å². The Morgan fingerprint density at radius 1 is 1.20 bits per heavy atom. The summed E-state index contributed by atoms with van der Waals surface area (Å²) in [5, 5.41) is 15.6. The van der Waals surface area contributed by atoms with E-state index >= 15 is 0 Å². The molecule has 8 heteroatoms. The summed E-state index contributed by atoms with van der Waals surface area (Å²) in [7, 11) is 0. The number of nitrogens with one attached hydrogen (secondary N) is 2. The molecule has 2 N–H and O–H groups in total. The zero-order valence-corrected chi connectivity index (χ0v) is 15.5. The van der Waals surface area contributed by atoms with Gasteiger partial charge in [0.2, 0.25) is 5.13 Å². The number of aromatic nitrogens is 2. The van der Waals surface area contributed by atoms with Crippen LogP contribution in [0.5, 0.6) is 0 Å². The number of carbonyl (C=O) groups excluding carboxylic acids is 1. The van der Waals surface area contributed by atoms with E-state index in [2.05, 4.69) is 20.8 Å². The van der Waals surface area contributed by atoms with E-state index < -0.39 is 0 Å². The van der Waals surface area contributed by atoms with Crippen molar-refractivity contribution in [2.24, 2.45) is 0 Å². The molecule has 0 radical (unpaired) electrons. The molecule has 0 bridgehead atoms. The smallest absolute Gasteiger partial charge is 0.321 e. The van der Waals surface area contributed by atoms with Gasteiger partial charge >= 0.3 is 6.03 Å². The van der Waals surface area contributed by atoms with Crippen molar-refractivity contribution in [3.63, 3.8) is 0 Å². The molecule has 25 heavy (non-hydrogen) atoms. The van der Waals surface area contributed by atoms with Gasteiger partial charge in [-0.3, -0.25) is 5.32 Å². The van der Waals surface area contributed by atoms with Crippen molar-refractivity contribution in [3.8, 4) is 0 Å². The van der Waals surface area contributed by atoms with Gasteiger partial charge in [-0.05, 0) is 32.1 Å². The molecule has 1 aliphatic carbocycles. The average Bonchev–Trinajstić information content (AvgIpc) is 3.31. The molecule has 0 aromatic carbocycles. The molecule has 2 aliphatic rings. The Morgan fingerprint density at radius 3 is 2.88 bits per heavy atom. The molecule has 0 unspecified atom stereocenters. The molecule has 1 saturated carbocycles. The van der Waals surface area contributed by atoms with Gasteiger partial charge in [-0.1, -0.05) is 30.6 Å². The molecule has 1 aromatic heterocycles. The van der Waals surface area contributed by atoms with Crippen molar-refractivity contribution in [2.45, 2.75) is 63.4 Å². The molecule has 2 heterocycles. The van der Waals surface area contributed by atoms with E-state index in [1.165, 1.54) is 43.4 Å². The van der Waals surface area contributed by atoms with Crippen LogP contribution in [0.1, 0.15) is 62.3 Å². The topological polar surface area (TPSA) is 85.4 Å². The Kier molecular flexibility index (Phi) is 7.44. The third-order valence-corrected chi connectivity index (χ3v) is 5.70. The van der Waals surface area contributed by atoms with Crippen LogP contribution < -0.4 is 10.6 Å². The van der Waals surface area contributed by atoms with E-state index in [1.807, 2.05) is 0 Å². The van der Waals surface area contributed by atoms with Gasteiger partial charge in [-0.25, -0.2) is 4.79 Å². The number of rotatable bonds is 8. The largest absolute Gasteiger partial charge is 0.379 e. The van der Waals surface area contributed by atoms with Crippen molar-refractivity contribution in [1.29, 1.82) is 0 Å².